The van der Waals surface area contributed by atoms with E-state index in [2.05, 4.69) is 15.2 Å². The summed E-state index contributed by atoms with van der Waals surface area (Å²) in [7, 11) is 0. The van der Waals surface area contributed by atoms with Gasteiger partial charge in [0.2, 0.25) is 11.8 Å². The van der Waals surface area contributed by atoms with Gasteiger partial charge >= 0.3 is 0 Å². The van der Waals surface area contributed by atoms with Gasteiger partial charge in [0.05, 0.1) is 6.54 Å². The van der Waals surface area contributed by atoms with Crippen molar-refractivity contribution in [1.29, 1.82) is 0 Å². The van der Waals surface area contributed by atoms with Gasteiger partial charge in [0.1, 0.15) is 5.52 Å². The van der Waals surface area contributed by atoms with E-state index in [1.54, 1.807) is 0 Å². The Morgan fingerprint density at radius 1 is 1.12 bits per heavy atom. The average molecular weight is 356 g/mol. The Balaban J connectivity index is 1.27. The summed E-state index contributed by atoms with van der Waals surface area (Å²) in [4.78, 5) is 32.8. The number of fused-ring (bicyclic) bond motifs is 1. The Bertz CT molecular complexity index is 756. The van der Waals surface area contributed by atoms with E-state index in [0.717, 1.165) is 63.0 Å². The van der Waals surface area contributed by atoms with E-state index < -0.39 is 0 Å². The summed E-state index contributed by atoms with van der Waals surface area (Å²) in [6, 6.07) is 8.32. The maximum Gasteiger partial charge on any atom is 0.298 e. The van der Waals surface area contributed by atoms with Gasteiger partial charge in [-0.25, -0.2) is 0 Å². The molecule has 1 N–H and O–H groups in total. The number of piperidine rings is 1. The first-order chi connectivity index (χ1) is 12.7. The van der Waals surface area contributed by atoms with Crippen molar-refractivity contribution in [2.24, 2.45) is 5.92 Å². The summed E-state index contributed by atoms with van der Waals surface area (Å²) in [5.74, 6) is -0.0449. The van der Waals surface area contributed by atoms with Crippen LogP contribution in [0, 0.1) is 5.92 Å². The molecule has 0 spiro atoms. The van der Waals surface area contributed by atoms with Crippen LogP contribution in [0.5, 0.6) is 0 Å². The normalized spacial score (nSPS) is 18.5. The third-order valence-electron chi connectivity index (χ3n) is 5.29. The van der Waals surface area contributed by atoms with Crippen molar-refractivity contribution in [2.75, 3.05) is 37.6 Å². The van der Waals surface area contributed by atoms with Crippen LogP contribution in [0.2, 0.25) is 0 Å². The number of hydrogen-bond donors (Lipinski definition) is 1. The first-order valence-electron chi connectivity index (χ1n) is 9.37. The molecule has 3 heterocycles. The molecule has 2 aromatic rings. The number of aromatic nitrogens is 1. The summed E-state index contributed by atoms with van der Waals surface area (Å²) >= 11 is 0. The van der Waals surface area contributed by atoms with Gasteiger partial charge in [-0.3, -0.25) is 9.59 Å². The third-order valence-corrected chi connectivity index (χ3v) is 5.29. The van der Waals surface area contributed by atoms with Crippen molar-refractivity contribution in [3.05, 3.63) is 24.3 Å². The van der Waals surface area contributed by atoms with Crippen LogP contribution < -0.4 is 10.2 Å². The number of carbonyl (C=O) groups is 2. The molecule has 2 amide bonds. The second kappa shape index (κ2) is 7.35. The van der Waals surface area contributed by atoms with Crippen molar-refractivity contribution in [3.63, 3.8) is 0 Å². The minimum atomic E-state index is -0.0537. The highest BCUT2D eigenvalue weighted by atomic mass is 16.4. The van der Waals surface area contributed by atoms with Gasteiger partial charge in [0, 0.05) is 32.1 Å². The molecule has 26 heavy (non-hydrogen) atoms. The van der Waals surface area contributed by atoms with Gasteiger partial charge in [-0.05, 0) is 37.8 Å². The van der Waals surface area contributed by atoms with Gasteiger partial charge in [-0.15, -0.1) is 0 Å². The predicted octanol–water partition coefficient (Wildman–Crippen LogP) is 1.78. The number of nitrogens with zero attached hydrogens (tertiary/aromatic N) is 3. The fourth-order valence-corrected chi connectivity index (χ4v) is 3.71. The predicted molar refractivity (Wildman–Crippen MR) is 97.8 cm³/mol. The lowest BCUT2D eigenvalue weighted by Crippen LogP contribution is -2.44. The van der Waals surface area contributed by atoms with Gasteiger partial charge in [-0.1, -0.05) is 12.1 Å². The Hall–Kier alpha value is -2.57. The molecule has 7 nitrogen and oxygen atoms in total. The van der Waals surface area contributed by atoms with Crippen molar-refractivity contribution in [3.8, 4) is 0 Å². The van der Waals surface area contributed by atoms with Crippen LogP contribution in [0.1, 0.15) is 25.7 Å². The van der Waals surface area contributed by atoms with Crippen molar-refractivity contribution in [1.82, 2.24) is 15.2 Å². The summed E-state index contributed by atoms with van der Waals surface area (Å²) in [6.07, 6.45) is 3.60. The smallest absolute Gasteiger partial charge is 0.298 e. The molecule has 138 valence electrons. The topological polar surface area (TPSA) is 78.7 Å². The molecule has 0 aliphatic carbocycles. The van der Waals surface area contributed by atoms with Crippen molar-refractivity contribution in [2.45, 2.75) is 25.7 Å². The van der Waals surface area contributed by atoms with Crippen LogP contribution in [0.3, 0.4) is 0 Å². The first-order valence-corrected chi connectivity index (χ1v) is 9.37. The number of oxazole rings is 1. The highest BCUT2D eigenvalue weighted by Gasteiger charge is 2.28. The number of anilines is 1. The largest absolute Gasteiger partial charge is 0.423 e. The van der Waals surface area contributed by atoms with Crippen LogP contribution in [0.25, 0.3) is 11.1 Å². The number of rotatable bonds is 4. The molecule has 0 atom stereocenters. The number of carbonyl (C=O) groups excluding carboxylic acids is 2. The summed E-state index contributed by atoms with van der Waals surface area (Å²) in [5, 5.41) is 2.82. The molecule has 0 radical (unpaired) electrons. The molecule has 0 unspecified atom stereocenters. The van der Waals surface area contributed by atoms with E-state index in [4.69, 9.17) is 4.42 Å². The monoisotopic (exact) mass is 356 g/mol. The summed E-state index contributed by atoms with van der Waals surface area (Å²) in [5.41, 5.74) is 1.63. The molecular weight excluding hydrogens is 332 g/mol. The molecule has 2 saturated heterocycles. The molecule has 1 aromatic heterocycles. The van der Waals surface area contributed by atoms with E-state index in [1.165, 1.54) is 0 Å². The Morgan fingerprint density at radius 3 is 2.58 bits per heavy atom. The lowest BCUT2D eigenvalue weighted by atomic mass is 9.96. The second-order valence-corrected chi connectivity index (χ2v) is 7.03. The number of benzene rings is 1. The van der Waals surface area contributed by atoms with Gasteiger partial charge in [0.25, 0.3) is 6.01 Å². The number of nitrogens with one attached hydrogen (secondary N) is 1. The Labute approximate surface area is 152 Å². The highest BCUT2D eigenvalue weighted by molar-refractivity contribution is 5.86. The van der Waals surface area contributed by atoms with E-state index in [1.807, 2.05) is 29.2 Å². The third kappa shape index (κ3) is 3.52. The molecule has 2 aliphatic rings. The fourth-order valence-electron chi connectivity index (χ4n) is 3.71. The molecule has 2 fully saturated rings. The van der Waals surface area contributed by atoms with E-state index >= 15 is 0 Å². The molecule has 1 aromatic carbocycles. The standard InChI is InChI=1S/C19H24N4O3/c24-17(22-9-3-4-10-22)13-20-18(25)14-7-11-23(12-8-14)19-21-15-5-1-2-6-16(15)26-19/h1-2,5-6,14H,3-4,7-13H2,(H,20,25). The molecular formula is C19H24N4O3. The van der Waals surface area contributed by atoms with Gasteiger partial charge in [0.15, 0.2) is 5.58 Å². The Kier molecular flexibility index (Phi) is 4.77. The van der Waals surface area contributed by atoms with E-state index in [-0.39, 0.29) is 24.3 Å². The highest BCUT2D eigenvalue weighted by Crippen LogP contribution is 2.26. The van der Waals surface area contributed by atoms with Crippen LogP contribution in [-0.2, 0) is 9.59 Å². The first kappa shape index (κ1) is 16.9. The molecule has 7 heteroatoms. The lowest BCUT2D eigenvalue weighted by Gasteiger charge is -2.30. The van der Waals surface area contributed by atoms with E-state index in [9.17, 15) is 9.59 Å². The quantitative estimate of drug-likeness (QED) is 0.903. The number of amides is 2. The molecule has 4 rings (SSSR count). The second-order valence-electron chi connectivity index (χ2n) is 7.03. The minimum Gasteiger partial charge on any atom is -0.423 e. The summed E-state index contributed by atoms with van der Waals surface area (Å²) in [6.45, 7) is 3.20. The van der Waals surface area contributed by atoms with E-state index in [0.29, 0.717) is 6.01 Å². The van der Waals surface area contributed by atoms with Crippen molar-refractivity contribution < 1.29 is 14.0 Å². The SMILES string of the molecule is O=C(NCC(=O)N1CCCC1)C1CCN(c2nc3ccccc3o2)CC1. The zero-order valence-electron chi connectivity index (χ0n) is 14.8. The van der Waals surface area contributed by atoms with Crippen molar-refractivity contribution >= 4 is 28.9 Å². The fraction of sp³-hybridized carbons (Fsp3) is 0.526. The maximum atomic E-state index is 12.4. The van der Waals surface area contributed by atoms with Crippen LogP contribution in [0.4, 0.5) is 6.01 Å². The number of para-hydroxylation sites is 2. The molecule has 2 aliphatic heterocycles. The van der Waals surface area contributed by atoms with Crippen LogP contribution in [0.15, 0.2) is 28.7 Å². The lowest BCUT2D eigenvalue weighted by molar-refractivity contribution is -0.133. The minimum absolute atomic E-state index is 0.0187. The zero-order chi connectivity index (χ0) is 17.9. The number of likely N-dealkylation sites (tertiary alicyclic amines) is 1. The number of hydrogen-bond acceptors (Lipinski definition) is 5. The molecule has 0 saturated carbocycles. The maximum absolute atomic E-state index is 12.4. The van der Waals surface area contributed by atoms with Crippen LogP contribution >= 0.6 is 0 Å². The van der Waals surface area contributed by atoms with Crippen LogP contribution in [-0.4, -0.2) is 54.4 Å². The molecule has 0 bridgehead atoms. The average Bonchev–Trinajstić information content (AvgIpc) is 3.35. The Morgan fingerprint density at radius 2 is 1.85 bits per heavy atom. The zero-order valence-corrected chi connectivity index (χ0v) is 14.8. The summed E-state index contributed by atoms with van der Waals surface area (Å²) < 4.78 is 5.80. The van der Waals surface area contributed by atoms with Gasteiger partial charge < -0.3 is 19.5 Å². The van der Waals surface area contributed by atoms with Gasteiger partial charge in [-0.2, -0.15) is 4.98 Å².